The fourth-order valence-electron chi connectivity index (χ4n) is 9.68. The maximum absolute atomic E-state index is 15.3. The predicted molar refractivity (Wildman–Crippen MR) is 219 cm³/mol. The van der Waals surface area contributed by atoms with E-state index >= 15 is 4.39 Å². The quantitative estimate of drug-likeness (QED) is 0.145. The maximum Gasteiger partial charge on any atom is 0.255 e. The van der Waals surface area contributed by atoms with Crippen molar-refractivity contribution in [3.63, 3.8) is 0 Å². The zero-order valence-corrected chi connectivity index (χ0v) is 34.5. The molecule has 0 radical (unpaired) electrons. The molecule has 0 bridgehead atoms. The van der Waals surface area contributed by atoms with E-state index in [-0.39, 0.29) is 65.6 Å². The van der Waals surface area contributed by atoms with Gasteiger partial charge in [0.15, 0.2) is 0 Å². The van der Waals surface area contributed by atoms with Crippen LogP contribution in [0.3, 0.4) is 0 Å². The number of anilines is 1. The monoisotopic (exact) mass is 810 g/mol. The molecule has 58 heavy (non-hydrogen) atoms. The molecule has 4 amide bonds. The number of imide groups is 1. The van der Waals surface area contributed by atoms with E-state index in [1.54, 1.807) is 24.3 Å². The predicted octanol–water partition coefficient (Wildman–Crippen LogP) is 6.65. The number of piperidine rings is 1. The molecule has 13 heteroatoms. The van der Waals surface area contributed by atoms with Crippen LogP contribution in [0, 0.1) is 28.0 Å². The number of benzene rings is 3. The van der Waals surface area contributed by atoms with Gasteiger partial charge >= 0.3 is 0 Å². The Balaban J connectivity index is 0.801. The van der Waals surface area contributed by atoms with Gasteiger partial charge in [0.1, 0.15) is 29.8 Å². The fourth-order valence-corrected chi connectivity index (χ4v) is 9.89. The Morgan fingerprint density at radius 2 is 1.67 bits per heavy atom. The van der Waals surface area contributed by atoms with Crippen LogP contribution < -0.4 is 20.3 Å². The van der Waals surface area contributed by atoms with Gasteiger partial charge in [0, 0.05) is 73.2 Å². The molecule has 306 valence electrons. The molecule has 7 rings (SSSR count). The summed E-state index contributed by atoms with van der Waals surface area (Å²) in [4.78, 5) is 56.3. The zero-order valence-electron chi connectivity index (χ0n) is 33.7. The first-order valence-corrected chi connectivity index (χ1v) is 20.8. The number of nitriles is 1. The number of nitrogens with zero attached hydrogens (tertiary/aromatic N) is 4. The van der Waals surface area contributed by atoms with Crippen LogP contribution in [0.1, 0.15) is 104 Å². The summed E-state index contributed by atoms with van der Waals surface area (Å²) in [6, 6.07) is 17.3. The first-order valence-electron chi connectivity index (χ1n) is 20.4. The van der Waals surface area contributed by atoms with Crippen LogP contribution in [0.25, 0.3) is 0 Å². The summed E-state index contributed by atoms with van der Waals surface area (Å²) < 4.78 is 21.7. The molecular formula is C45H52ClFN6O5. The number of halogens is 2. The van der Waals surface area contributed by atoms with Gasteiger partial charge in [0.25, 0.3) is 11.8 Å². The van der Waals surface area contributed by atoms with Gasteiger partial charge in [0.05, 0.1) is 16.3 Å². The normalized spacial score (nSPS) is 22.5. The Hall–Kier alpha value is -4.99. The third-order valence-electron chi connectivity index (χ3n) is 12.6. The highest BCUT2D eigenvalue weighted by Gasteiger charge is 2.64. The van der Waals surface area contributed by atoms with Crippen LogP contribution >= 0.6 is 11.6 Å². The number of amides is 4. The van der Waals surface area contributed by atoms with Crippen LogP contribution in [-0.2, 0) is 22.6 Å². The number of aryl methyl sites for hydroxylation is 1. The lowest BCUT2D eigenvalue weighted by atomic mass is 9.49. The lowest BCUT2D eigenvalue weighted by molar-refractivity contribution is -0.164. The molecule has 0 aromatic heterocycles. The molecule has 1 atom stereocenters. The molecule has 2 N–H and O–H groups in total. The standard InChI is InChI=1S/C45H52ClFN6O5/c1-44(2)42(45(3,4)43(44)58-32-15-14-30(26-48)34(46)24-32)50-39(55)29-12-10-28(11-13-29)9-7-5-6-8-18-51-19-21-52(22-20-51)37-23-31-27-53(41(57)33(31)25-35(37)47)36-16-17-38(54)49-40(36)56/h10-15,23-25,36,42-43H,5-9,16-22,27H2,1-4H3,(H,50,55)(H,49,54,56)/t36?,42-,43-. The molecule has 1 saturated carbocycles. The summed E-state index contributed by atoms with van der Waals surface area (Å²) in [5, 5.41) is 15.1. The fraction of sp³-hybridized carbons (Fsp3) is 0.489. The van der Waals surface area contributed by atoms with E-state index in [2.05, 4.69) is 49.3 Å². The van der Waals surface area contributed by atoms with Crippen molar-refractivity contribution in [2.75, 3.05) is 37.6 Å². The molecular weight excluding hydrogens is 759 g/mol. The maximum atomic E-state index is 15.3. The first-order chi connectivity index (χ1) is 27.7. The minimum Gasteiger partial charge on any atom is -0.489 e. The van der Waals surface area contributed by atoms with Crippen molar-refractivity contribution in [1.82, 2.24) is 20.4 Å². The van der Waals surface area contributed by atoms with Crippen molar-refractivity contribution in [3.8, 4) is 11.8 Å². The number of carbonyl (C=O) groups excluding carboxylic acids is 4. The van der Waals surface area contributed by atoms with Crippen molar-refractivity contribution in [2.45, 2.75) is 97.4 Å². The minimum atomic E-state index is -0.723. The molecule has 2 saturated heterocycles. The number of hydrogen-bond acceptors (Lipinski definition) is 8. The smallest absolute Gasteiger partial charge is 0.255 e. The molecule has 3 heterocycles. The number of piperazine rings is 1. The SMILES string of the molecule is CC1(C)[C@H](NC(=O)c2ccc(CCCCCCN3CCN(c4cc5c(cc4F)C(=O)N(C4CCC(=O)NC4=O)C5)CC3)cc2)C(C)(C)[C@H]1Oc1ccc(C#N)c(Cl)c1. The molecule has 0 spiro atoms. The number of carbonyl (C=O) groups is 4. The Morgan fingerprint density at radius 1 is 0.966 bits per heavy atom. The highest BCUT2D eigenvalue weighted by molar-refractivity contribution is 6.31. The van der Waals surface area contributed by atoms with Crippen LogP contribution in [0.4, 0.5) is 10.1 Å². The third-order valence-corrected chi connectivity index (χ3v) is 13.0. The van der Waals surface area contributed by atoms with Crippen LogP contribution in [0.15, 0.2) is 54.6 Å². The van der Waals surface area contributed by atoms with E-state index in [1.807, 2.05) is 29.2 Å². The van der Waals surface area contributed by atoms with E-state index in [4.69, 9.17) is 16.3 Å². The van der Waals surface area contributed by atoms with Crippen molar-refractivity contribution in [1.29, 1.82) is 5.26 Å². The molecule has 3 aromatic rings. The van der Waals surface area contributed by atoms with Gasteiger partial charge in [-0.3, -0.25) is 29.4 Å². The van der Waals surface area contributed by atoms with Crippen LogP contribution in [0.2, 0.25) is 5.02 Å². The second-order valence-electron chi connectivity index (χ2n) is 17.4. The molecule has 3 aliphatic heterocycles. The van der Waals surface area contributed by atoms with Crippen molar-refractivity contribution < 1.29 is 28.3 Å². The number of unbranched alkanes of at least 4 members (excludes halogenated alkanes) is 3. The van der Waals surface area contributed by atoms with Gasteiger partial charge in [0.2, 0.25) is 11.8 Å². The van der Waals surface area contributed by atoms with Gasteiger partial charge < -0.3 is 19.9 Å². The van der Waals surface area contributed by atoms with E-state index < -0.39 is 17.8 Å². The highest BCUT2D eigenvalue weighted by atomic mass is 35.5. The Bertz CT molecular complexity index is 2110. The molecule has 4 aliphatic rings. The largest absolute Gasteiger partial charge is 0.489 e. The topological polar surface area (TPSA) is 135 Å². The van der Waals surface area contributed by atoms with Gasteiger partial charge in [-0.1, -0.05) is 64.3 Å². The van der Waals surface area contributed by atoms with Crippen molar-refractivity contribution in [2.24, 2.45) is 10.8 Å². The summed E-state index contributed by atoms with van der Waals surface area (Å²) in [5.41, 5.74) is 3.04. The second kappa shape index (κ2) is 16.7. The number of nitrogens with one attached hydrogen (secondary N) is 2. The molecule has 11 nitrogen and oxygen atoms in total. The van der Waals surface area contributed by atoms with Crippen molar-refractivity contribution >= 4 is 40.9 Å². The van der Waals surface area contributed by atoms with Crippen LogP contribution in [0.5, 0.6) is 5.75 Å². The van der Waals surface area contributed by atoms with Crippen molar-refractivity contribution in [3.05, 3.63) is 93.3 Å². The minimum absolute atomic E-state index is 0.106. The number of ether oxygens (including phenoxy) is 1. The lowest BCUT2D eigenvalue weighted by Gasteiger charge is -2.63. The van der Waals surface area contributed by atoms with E-state index in [9.17, 15) is 24.4 Å². The second-order valence-corrected chi connectivity index (χ2v) is 17.8. The highest BCUT2D eigenvalue weighted by Crippen LogP contribution is 2.55. The number of fused-ring (bicyclic) bond motifs is 1. The van der Waals surface area contributed by atoms with E-state index in [0.29, 0.717) is 46.2 Å². The summed E-state index contributed by atoms with van der Waals surface area (Å²) in [6.45, 7) is 12.6. The summed E-state index contributed by atoms with van der Waals surface area (Å²) in [6.07, 6.45) is 5.61. The average molecular weight is 811 g/mol. The average Bonchev–Trinajstić information content (AvgIpc) is 3.51. The molecule has 1 unspecified atom stereocenters. The Kier molecular flexibility index (Phi) is 11.9. The number of hydrogen-bond donors (Lipinski definition) is 2. The van der Waals surface area contributed by atoms with Gasteiger partial charge in [-0.25, -0.2) is 4.39 Å². The third kappa shape index (κ3) is 8.30. The summed E-state index contributed by atoms with van der Waals surface area (Å²) in [7, 11) is 0. The zero-order chi connectivity index (χ0) is 41.4. The number of rotatable bonds is 13. The first kappa shape index (κ1) is 41.2. The van der Waals surface area contributed by atoms with Crippen LogP contribution in [-0.4, -0.2) is 84.3 Å². The van der Waals surface area contributed by atoms with Gasteiger partial charge in [-0.15, -0.1) is 0 Å². The Labute approximate surface area is 344 Å². The van der Waals surface area contributed by atoms with E-state index in [0.717, 1.165) is 51.7 Å². The molecule has 3 aromatic carbocycles. The molecule has 3 fully saturated rings. The Morgan fingerprint density at radius 3 is 2.34 bits per heavy atom. The summed E-state index contributed by atoms with van der Waals surface area (Å²) >= 11 is 6.24. The van der Waals surface area contributed by atoms with Gasteiger partial charge in [-0.05, 0) is 79.8 Å². The lowest BCUT2D eigenvalue weighted by Crippen LogP contribution is -2.74. The molecule has 1 aliphatic carbocycles. The van der Waals surface area contributed by atoms with E-state index in [1.165, 1.54) is 16.5 Å². The van der Waals surface area contributed by atoms with Gasteiger partial charge in [-0.2, -0.15) is 5.26 Å². The summed E-state index contributed by atoms with van der Waals surface area (Å²) in [5.74, 6) is -1.12.